The number of halogens is 2. The molecule has 10 heavy (non-hydrogen) atoms. The van der Waals surface area contributed by atoms with E-state index in [0.29, 0.717) is 11.1 Å². The molecule has 0 saturated carbocycles. The zero-order valence-corrected chi connectivity index (χ0v) is 7.72. The van der Waals surface area contributed by atoms with Gasteiger partial charge >= 0.3 is 0 Å². The summed E-state index contributed by atoms with van der Waals surface area (Å²) in [5, 5.41) is 0.672. The van der Waals surface area contributed by atoms with Crippen LogP contribution in [0, 0.1) is 0 Å². The number of hydrogen-bond donors (Lipinski definition) is 0. The quantitative estimate of drug-likeness (QED) is 0.683. The summed E-state index contributed by atoms with van der Waals surface area (Å²) in [4.78, 5) is 4.95. The van der Waals surface area contributed by atoms with Gasteiger partial charge in [-0.05, 0) is 0 Å². The number of thiazole rings is 1. The molecule has 0 aliphatic carbocycles. The minimum absolute atomic E-state index is 0. The number of hydrogen-bond acceptors (Lipinski definition) is 3. The minimum Gasteiger partial charge on any atom is -0.473 e. The molecule has 0 spiro atoms. The maximum absolute atomic E-state index is 5.51. The molecule has 0 aromatic carbocycles. The third-order valence-corrected chi connectivity index (χ3v) is 2.24. The molecule has 0 bridgehead atoms. The molecule has 0 aliphatic heterocycles. The van der Waals surface area contributed by atoms with Crippen LogP contribution < -0.4 is 4.74 Å². The summed E-state index contributed by atoms with van der Waals surface area (Å²) >= 11 is 6.98. The molecule has 0 aliphatic rings. The highest BCUT2D eigenvalue weighted by atomic mass is 35.5. The van der Waals surface area contributed by atoms with E-state index in [1.807, 2.05) is 0 Å². The molecule has 0 radical (unpaired) electrons. The number of nitrogens with zero attached hydrogens (tertiary/aromatic N) is 1. The van der Waals surface area contributed by atoms with Crippen molar-refractivity contribution in [3.63, 3.8) is 0 Å². The Hall–Kier alpha value is 0.01000. The second kappa shape index (κ2) is 4.77. The maximum atomic E-state index is 5.51. The molecule has 5 heteroatoms. The molecule has 0 saturated heterocycles. The lowest BCUT2D eigenvalue weighted by Gasteiger charge is -1.85. The highest BCUT2D eigenvalue weighted by Crippen LogP contribution is 2.20. The van der Waals surface area contributed by atoms with E-state index < -0.39 is 0 Å². The van der Waals surface area contributed by atoms with Crippen molar-refractivity contribution in [2.45, 2.75) is 5.88 Å². The fourth-order valence-electron chi connectivity index (χ4n) is 0.446. The monoisotopic (exact) mass is 199 g/mol. The zero-order chi connectivity index (χ0) is 6.69. The van der Waals surface area contributed by atoms with Gasteiger partial charge in [0.25, 0.3) is 5.19 Å². The van der Waals surface area contributed by atoms with Gasteiger partial charge in [0.1, 0.15) is 0 Å². The topological polar surface area (TPSA) is 22.1 Å². The Morgan fingerprint density at radius 3 is 2.80 bits per heavy atom. The molecule has 0 fully saturated rings. The lowest BCUT2D eigenvalue weighted by atomic mass is 10.6. The van der Waals surface area contributed by atoms with Crippen LogP contribution in [0.1, 0.15) is 4.88 Å². The van der Waals surface area contributed by atoms with Gasteiger partial charge in [0.2, 0.25) is 0 Å². The van der Waals surface area contributed by atoms with Crippen molar-refractivity contribution in [2.24, 2.45) is 0 Å². The number of methoxy groups -OCH3 is 1. The van der Waals surface area contributed by atoms with Crippen LogP contribution in [0.3, 0.4) is 0 Å². The van der Waals surface area contributed by atoms with Crippen LogP contribution in [0.5, 0.6) is 5.19 Å². The first-order valence-corrected chi connectivity index (χ1v) is 3.76. The summed E-state index contributed by atoms with van der Waals surface area (Å²) in [7, 11) is 1.59. The molecule has 0 N–H and O–H groups in total. The van der Waals surface area contributed by atoms with Gasteiger partial charge in [-0.3, -0.25) is 0 Å². The maximum Gasteiger partial charge on any atom is 0.273 e. The summed E-state index contributed by atoms with van der Waals surface area (Å²) in [6.07, 6.45) is 1.72. The van der Waals surface area contributed by atoms with Gasteiger partial charge in [0.15, 0.2) is 0 Å². The highest BCUT2D eigenvalue weighted by Gasteiger charge is 1.97. The van der Waals surface area contributed by atoms with Crippen molar-refractivity contribution < 1.29 is 4.74 Å². The molecule has 2 nitrogen and oxygen atoms in total. The minimum atomic E-state index is 0. The molecule has 1 aromatic rings. The van der Waals surface area contributed by atoms with Crippen LogP contribution in [0.15, 0.2) is 6.20 Å². The third-order valence-electron chi connectivity index (χ3n) is 0.839. The van der Waals surface area contributed by atoms with Gasteiger partial charge in [0, 0.05) is 11.1 Å². The van der Waals surface area contributed by atoms with Crippen LogP contribution in [-0.4, -0.2) is 12.1 Å². The fourth-order valence-corrected chi connectivity index (χ4v) is 1.25. The van der Waals surface area contributed by atoms with E-state index >= 15 is 0 Å². The summed E-state index contributed by atoms with van der Waals surface area (Å²) in [6, 6.07) is 0. The molecule has 0 amide bonds. The van der Waals surface area contributed by atoms with E-state index in [4.69, 9.17) is 16.3 Å². The van der Waals surface area contributed by atoms with E-state index in [-0.39, 0.29) is 12.4 Å². The summed E-state index contributed by atoms with van der Waals surface area (Å²) < 4.78 is 4.85. The van der Waals surface area contributed by atoms with Gasteiger partial charge < -0.3 is 4.74 Å². The number of ether oxygens (including phenoxy) is 1. The normalized spacial score (nSPS) is 8.60. The van der Waals surface area contributed by atoms with Gasteiger partial charge in [-0.25, -0.2) is 4.98 Å². The second-order valence-electron chi connectivity index (χ2n) is 1.43. The molecular formula is C5H7Cl2NOS. The number of alkyl halides is 1. The van der Waals surface area contributed by atoms with Crippen LogP contribution in [0.4, 0.5) is 0 Å². The summed E-state index contributed by atoms with van der Waals surface area (Å²) in [6.45, 7) is 0. The van der Waals surface area contributed by atoms with Crippen molar-refractivity contribution >= 4 is 35.3 Å². The van der Waals surface area contributed by atoms with Crippen LogP contribution >= 0.6 is 35.3 Å². The molecule has 1 heterocycles. The Kier molecular flexibility index (Phi) is 4.77. The van der Waals surface area contributed by atoms with Gasteiger partial charge in [-0.15, -0.1) is 24.0 Å². The standard InChI is InChI=1S/C5H6ClNOS.ClH/c1-8-5-7-3-4(2-6)9-5;/h3H,2H2,1H3;1H. The first kappa shape index (κ1) is 10.0. The fraction of sp³-hybridized carbons (Fsp3) is 0.400. The third kappa shape index (κ3) is 2.33. The average molecular weight is 200 g/mol. The summed E-state index contributed by atoms with van der Waals surface area (Å²) in [5.41, 5.74) is 0. The Morgan fingerprint density at radius 2 is 2.50 bits per heavy atom. The van der Waals surface area contributed by atoms with E-state index in [1.165, 1.54) is 11.3 Å². The molecule has 1 aromatic heterocycles. The smallest absolute Gasteiger partial charge is 0.273 e. The summed E-state index contributed by atoms with van der Waals surface area (Å²) in [5.74, 6) is 0.515. The van der Waals surface area contributed by atoms with Crippen molar-refractivity contribution in [2.75, 3.05) is 7.11 Å². The molecular weight excluding hydrogens is 193 g/mol. The predicted octanol–water partition coefficient (Wildman–Crippen LogP) is 2.31. The molecule has 0 unspecified atom stereocenters. The highest BCUT2D eigenvalue weighted by molar-refractivity contribution is 7.13. The van der Waals surface area contributed by atoms with E-state index in [0.717, 1.165) is 4.88 Å². The Morgan fingerprint density at radius 1 is 1.80 bits per heavy atom. The first-order chi connectivity index (χ1) is 4.36. The molecule has 1 rings (SSSR count). The van der Waals surface area contributed by atoms with Gasteiger partial charge in [-0.2, -0.15) is 0 Å². The van der Waals surface area contributed by atoms with Crippen molar-refractivity contribution in [1.29, 1.82) is 0 Å². The van der Waals surface area contributed by atoms with Crippen LogP contribution in [-0.2, 0) is 5.88 Å². The Balaban J connectivity index is 0.000000810. The zero-order valence-electron chi connectivity index (χ0n) is 5.33. The van der Waals surface area contributed by atoms with Crippen molar-refractivity contribution in [3.8, 4) is 5.19 Å². The Labute approximate surface area is 74.6 Å². The van der Waals surface area contributed by atoms with E-state index in [1.54, 1.807) is 13.3 Å². The first-order valence-electron chi connectivity index (χ1n) is 2.41. The second-order valence-corrected chi connectivity index (χ2v) is 2.78. The average Bonchev–Trinajstić information content (AvgIpc) is 2.34. The van der Waals surface area contributed by atoms with Gasteiger partial charge in [-0.1, -0.05) is 11.3 Å². The van der Waals surface area contributed by atoms with E-state index in [2.05, 4.69) is 4.98 Å². The largest absolute Gasteiger partial charge is 0.473 e. The van der Waals surface area contributed by atoms with Crippen LogP contribution in [0.2, 0.25) is 0 Å². The van der Waals surface area contributed by atoms with Crippen LogP contribution in [0.25, 0.3) is 0 Å². The lowest BCUT2D eigenvalue weighted by molar-refractivity contribution is 0.412. The van der Waals surface area contributed by atoms with Crippen molar-refractivity contribution in [3.05, 3.63) is 11.1 Å². The lowest BCUT2D eigenvalue weighted by Crippen LogP contribution is -1.76. The Bertz CT molecular complexity index is 173. The van der Waals surface area contributed by atoms with Gasteiger partial charge in [0.05, 0.1) is 13.0 Å². The number of rotatable bonds is 2. The molecule has 58 valence electrons. The predicted molar refractivity (Wildman–Crippen MR) is 45.5 cm³/mol. The molecule has 0 atom stereocenters. The van der Waals surface area contributed by atoms with Crippen molar-refractivity contribution in [1.82, 2.24) is 4.98 Å². The number of aromatic nitrogens is 1. The van der Waals surface area contributed by atoms with E-state index in [9.17, 15) is 0 Å². The SMILES string of the molecule is COc1ncc(CCl)s1.Cl.